The minimum atomic E-state index is -0.592. The third kappa shape index (κ3) is 5.39. The van der Waals surface area contributed by atoms with Gasteiger partial charge in [-0.3, -0.25) is 9.78 Å². The van der Waals surface area contributed by atoms with Crippen molar-refractivity contribution in [2.24, 2.45) is 5.16 Å². The third-order valence-corrected chi connectivity index (χ3v) is 5.45. The highest BCUT2D eigenvalue weighted by Crippen LogP contribution is 2.34. The first-order valence-electron chi connectivity index (χ1n) is 10.7. The molecule has 6 heteroatoms. The van der Waals surface area contributed by atoms with Gasteiger partial charge in [-0.25, -0.2) is 0 Å². The molecule has 0 saturated carbocycles. The molecule has 1 aromatic heterocycles. The fraction of sp³-hybridized carbons (Fsp3) is 0.269. The number of aryl methyl sites for hydroxylation is 1. The first-order valence-corrected chi connectivity index (χ1v) is 10.7. The van der Waals surface area contributed by atoms with Gasteiger partial charge in [-0.15, -0.1) is 0 Å². The fourth-order valence-electron chi connectivity index (χ4n) is 3.90. The zero-order chi connectivity index (χ0) is 23.1. The monoisotopic (exact) mass is 431 g/mol. The van der Waals surface area contributed by atoms with E-state index in [1.807, 2.05) is 49.4 Å². The van der Waals surface area contributed by atoms with E-state index < -0.39 is 6.10 Å². The van der Waals surface area contributed by atoms with E-state index in [-0.39, 0.29) is 18.4 Å². The van der Waals surface area contributed by atoms with Crippen molar-refractivity contribution in [3.05, 3.63) is 88.7 Å². The van der Waals surface area contributed by atoms with Crippen LogP contribution in [0.5, 0.6) is 0 Å². The van der Waals surface area contributed by atoms with Gasteiger partial charge in [-0.2, -0.15) is 0 Å². The van der Waals surface area contributed by atoms with Crippen LogP contribution in [0.25, 0.3) is 11.1 Å². The van der Waals surface area contributed by atoms with Gasteiger partial charge >= 0.3 is 0 Å². The van der Waals surface area contributed by atoms with E-state index in [2.05, 4.69) is 22.4 Å². The Hall–Kier alpha value is -3.51. The average molecular weight is 432 g/mol. The molecule has 0 aliphatic carbocycles. The van der Waals surface area contributed by atoms with Crippen molar-refractivity contribution in [3.63, 3.8) is 0 Å². The molecule has 0 fully saturated rings. The molecule has 0 bridgehead atoms. The Labute approximate surface area is 188 Å². The molecule has 1 amide bonds. The first-order chi connectivity index (χ1) is 15.4. The molecule has 0 spiro atoms. The van der Waals surface area contributed by atoms with Crippen molar-refractivity contribution in [1.29, 1.82) is 0 Å². The van der Waals surface area contributed by atoms with Crippen molar-refractivity contribution in [3.8, 4) is 11.1 Å². The smallest absolute Gasteiger partial charge is 0.251 e. The van der Waals surface area contributed by atoms with Gasteiger partial charge in [0, 0.05) is 35.5 Å². The van der Waals surface area contributed by atoms with Crippen molar-refractivity contribution in [2.75, 3.05) is 6.54 Å². The molecule has 166 valence electrons. The summed E-state index contributed by atoms with van der Waals surface area (Å²) in [7, 11) is 0. The highest BCUT2D eigenvalue weighted by molar-refractivity contribution is 5.94. The Morgan fingerprint density at radius 1 is 1.19 bits per heavy atom. The number of pyridine rings is 1. The summed E-state index contributed by atoms with van der Waals surface area (Å²) in [6, 6.07) is 17.5. The van der Waals surface area contributed by atoms with Crippen molar-refractivity contribution >= 4 is 12.1 Å². The number of carbonyl (C=O) groups excluding carboxylic acids is 1. The second kappa shape index (κ2) is 10.7. The van der Waals surface area contributed by atoms with Crippen molar-refractivity contribution in [2.45, 2.75) is 39.2 Å². The molecule has 2 aromatic carbocycles. The number of carbonyl (C=O) groups is 1. The largest absolute Gasteiger partial charge is 0.411 e. The van der Waals surface area contributed by atoms with Crippen LogP contribution in [0.1, 0.15) is 58.9 Å². The maximum absolute atomic E-state index is 12.3. The van der Waals surface area contributed by atoms with Crippen molar-refractivity contribution in [1.82, 2.24) is 10.3 Å². The molecule has 1 heterocycles. The number of rotatable bonds is 8. The molecule has 3 N–H and O–H groups in total. The maximum atomic E-state index is 12.3. The first kappa shape index (κ1) is 23.2. The molecule has 0 unspecified atom stereocenters. The van der Waals surface area contributed by atoms with E-state index in [9.17, 15) is 15.1 Å². The molecular formula is C26H29N3O3. The minimum absolute atomic E-state index is 0.0560. The van der Waals surface area contributed by atoms with Gasteiger partial charge < -0.3 is 15.6 Å². The van der Waals surface area contributed by atoms with Crippen LogP contribution in [0.4, 0.5) is 0 Å². The Bertz CT molecular complexity index is 1090. The Morgan fingerprint density at radius 2 is 1.94 bits per heavy atom. The van der Waals surface area contributed by atoms with E-state index in [1.54, 1.807) is 25.3 Å². The van der Waals surface area contributed by atoms with Crippen LogP contribution in [-0.4, -0.2) is 40.1 Å². The summed E-state index contributed by atoms with van der Waals surface area (Å²) < 4.78 is 0. The molecule has 0 radical (unpaired) electrons. The molecule has 2 atom stereocenters. The van der Waals surface area contributed by atoms with E-state index >= 15 is 0 Å². The molecule has 3 rings (SSSR count). The number of benzene rings is 2. The molecule has 6 nitrogen and oxygen atoms in total. The van der Waals surface area contributed by atoms with Crippen LogP contribution in [0.3, 0.4) is 0 Å². The zero-order valence-electron chi connectivity index (χ0n) is 18.6. The number of oxime groups is 1. The van der Waals surface area contributed by atoms with Gasteiger partial charge in [0.05, 0.1) is 12.3 Å². The van der Waals surface area contributed by atoms with Crippen molar-refractivity contribution < 1.29 is 15.1 Å². The summed E-state index contributed by atoms with van der Waals surface area (Å²) in [6.45, 7) is 5.89. The Balaban J connectivity index is 1.98. The summed E-state index contributed by atoms with van der Waals surface area (Å²) in [5.74, 6) is -0.158. The van der Waals surface area contributed by atoms with Gasteiger partial charge in [0.1, 0.15) is 0 Å². The van der Waals surface area contributed by atoms with Gasteiger partial charge in [0.2, 0.25) is 0 Å². The van der Waals surface area contributed by atoms with Crippen LogP contribution < -0.4 is 5.32 Å². The lowest BCUT2D eigenvalue weighted by molar-refractivity contribution is 0.0924. The van der Waals surface area contributed by atoms with Crippen LogP contribution in [0.15, 0.2) is 65.9 Å². The van der Waals surface area contributed by atoms with E-state index in [1.165, 1.54) is 6.21 Å². The second-order valence-electron chi connectivity index (χ2n) is 7.88. The van der Waals surface area contributed by atoms with Gasteiger partial charge in [0.25, 0.3) is 5.91 Å². The average Bonchev–Trinajstić information content (AvgIpc) is 2.79. The van der Waals surface area contributed by atoms with Gasteiger partial charge in [0.15, 0.2) is 0 Å². The lowest BCUT2D eigenvalue weighted by atomic mass is 9.83. The number of aliphatic hydroxyl groups excluding tert-OH is 1. The SMILES string of the molecule is CC[C@H](c1ccc(C(=O)NC[C@H](C)O)cc1)c1cccc(-c2ccnc(C)c2)c1/C=N/O. The molecule has 0 aliphatic heterocycles. The van der Waals surface area contributed by atoms with Crippen LogP contribution >= 0.6 is 0 Å². The second-order valence-corrected chi connectivity index (χ2v) is 7.88. The highest BCUT2D eigenvalue weighted by atomic mass is 16.4. The summed E-state index contributed by atoms with van der Waals surface area (Å²) in [6.07, 6.45) is 3.50. The summed E-state index contributed by atoms with van der Waals surface area (Å²) >= 11 is 0. The quantitative estimate of drug-likeness (QED) is 0.278. The predicted molar refractivity (Wildman–Crippen MR) is 126 cm³/mol. The number of aliphatic hydroxyl groups is 1. The van der Waals surface area contributed by atoms with Gasteiger partial charge in [-0.1, -0.05) is 42.4 Å². The van der Waals surface area contributed by atoms with E-state index in [0.29, 0.717) is 5.56 Å². The number of aromatic nitrogens is 1. The Kier molecular flexibility index (Phi) is 7.73. The molecule has 3 aromatic rings. The normalized spacial score (nSPS) is 13.1. The predicted octanol–water partition coefficient (Wildman–Crippen LogP) is 4.52. The van der Waals surface area contributed by atoms with Crippen LogP contribution in [0.2, 0.25) is 0 Å². The lowest BCUT2D eigenvalue weighted by Crippen LogP contribution is -2.30. The van der Waals surface area contributed by atoms with Crippen LogP contribution in [0, 0.1) is 6.92 Å². The number of amides is 1. The highest BCUT2D eigenvalue weighted by Gasteiger charge is 2.19. The van der Waals surface area contributed by atoms with E-state index in [0.717, 1.165) is 39.9 Å². The standard InChI is InChI=1S/C26H29N3O3/c1-4-22(19-8-10-20(11-9-19)26(31)28-15-18(3)30)24-7-5-6-23(25(24)16-29-32)21-12-13-27-17(2)14-21/h5-14,16,18,22,30,32H,4,15H2,1-3H3,(H,28,31)/b29-16+/t18-,22+/m0/s1. The third-order valence-electron chi connectivity index (χ3n) is 5.45. The number of hydrogen-bond donors (Lipinski definition) is 3. The number of nitrogens with one attached hydrogen (secondary N) is 1. The maximum Gasteiger partial charge on any atom is 0.251 e. The Morgan fingerprint density at radius 3 is 2.56 bits per heavy atom. The number of nitrogens with zero attached hydrogens (tertiary/aromatic N) is 2. The number of hydrogen-bond acceptors (Lipinski definition) is 5. The zero-order valence-corrected chi connectivity index (χ0v) is 18.6. The molecular weight excluding hydrogens is 402 g/mol. The summed E-state index contributed by atoms with van der Waals surface area (Å²) in [5.41, 5.74) is 6.40. The molecule has 32 heavy (non-hydrogen) atoms. The van der Waals surface area contributed by atoms with E-state index in [4.69, 9.17) is 0 Å². The van der Waals surface area contributed by atoms with Gasteiger partial charge in [-0.05, 0) is 66.8 Å². The summed E-state index contributed by atoms with van der Waals surface area (Å²) in [4.78, 5) is 16.5. The molecule has 0 aliphatic rings. The molecule has 0 saturated heterocycles. The minimum Gasteiger partial charge on any atom is -0.411 e. The topological polar surface area (TPSA) is 94.8 Å². The summed E-state index contributed by atoms with van der Waals surface area (Å²) in [5, 5.41) is 24.8. The lowest BCUT2D eigenvalue weighted by Gasteiger charge is -2.21. The fourth-order valence-corrected chi connectivity index (χ4v) is 3.90. The van der Waals surface area contributed by atoms with Crippen LogP contribution in [-0.2, 0) is 0 Å².